The van der Waals surface area contributed by atoms with Crippen molar-refractivity contribution in [2.45, 2.75) is 6.42 Å². The largest absolute Gasteiger partial charge is 0.455 e. The van der Waals surface area contributed by atoms with Gasteiger partial charge in [0.1, 0.15) is 6.07 Å². The summed E-state index contributed by atoms with van der Waals surface area (Å²) in [6, 6.07) is 1.89. The summed E-state index contributed by atoms with van der Waals surface area (Å²) >= 11 is 0. The van der Waals surface area contributed by atoms with Gasteiger partial charge in [0.2, 0.25) is 0 Å². The van der Waals surface area contributed by atoms with Crippen LogP contribution in [0.3, 0.4) is 0 Å². The van der Waals surface area contributed by atoms with Crippen molar-refractivity contribution in [1.82, 2.24) is 0 Å². The zero-order valence-corrected chi connectivity index (χ0v) is 4.29. The van der Waals surface area contributed by atoms with Gasteiger partial charge in [-0.2, -0.15) is 5.26 Å². The Morgan fingerprint density at radius 1 is 1.75 bits per heavy atom. The molecule has 0 unspecified atom stereocenters. The van der Waals surface area contributed by atoms with E-state index in [9.17, 15) is 0 Å². The molecule has 1 aliphatic rings. The Labute approximate surface area is 47.7 Å². The van der Waals surface area contributed by atoms with E-state index in [2.05, 4.69) is 0 Å². The van der Waals surface area contributed by atoms with Crippen molar-refractivity contribution in [3.63, 3.8) is 0 Å². The van der Waals surface area contributed by atoms with Crippen LogP contribution in [0.1, 0.15) is 6.42 Å². The van der Waals surface area contributed by atoms with Crippen molar-refractivity contribution in [3.8, 4) is 6.07 Å². The second kappa shape index (κ2) is 2.17. The molecular formula is C6H5NO. The minimum atomic E-state index is 0.396. The fourth-order valence-electron chi connectivity index (χ4n) is 0.472. The predicted octanol–water partition coefficient (Wildman–Crippen LogP) is 1.33. The van der Waals surface area contributed by atoms with Gasteiger partial charge in [-0.1, -0.05) is 0 Å². The Hall–Kier alpha value is -1.23. The number of allylic oxidation sites excluding steroid dienone is 3. The molecule has 40 valence electrons. The molecular weight excluding hydrogens is 102 g/mol. The molecule has 0 saturated heterocycles. The van der Waals surface area contributed by atoms with Crippen molar-refractivity contribution in [1.29, 1.82) is 5.26 Å². The standard InChI is InChI=1S/C6H5NO/c7-5-6-3-1-2-4-8-6/h2-4H,1H2. The first-order valence-electron chi connectivity index (χ1n) is 2.35. The van der Waals surface area contributed by atoms with E-state index in [0.29, 0.717) is 5.76 Å². The van der Waals surface area contributed by atoms with Gasteiger partial charge in [-0.3, -0.25) is 0 Å². The summed E-state index contributed by atoms with van der Waals surface area (Å²) in [6.45, 7) is 0. The smallest absolute Gasteiger partial charge is 0.199 e. The molecule has 8 heavy (non-hydrogen) atoms. The van der Waals surface area contributed by atoms with Crippen LogP contribution < -0.4 is 0 Å². The van der Waals surface area contributed by atoms with Gasteiger partial charge in [0.05, 0.1) is 6.26 Å². The summed E-state index contributed by atoms with van der Waals surface area (Å²) in [4.78, 5) is 0. The van der Waals surface area contributed by atoms with Gasteiger partial charge >= 0.3 is 0 Å². The molecule has 0 N–H and O–H groups in total. The van der Waals surface area contributed by atoms with Gasteiger partial charge in [-0.05, 0) is 18.6 Å². The second-order valence-electron chi connectivity index (χ2n) is 1.41. The molecule has 0 aromatic carbocycles. The van der Waals surface area contributed by atoms with Crippen LogP contribution in [0.15, 0.2) is 24.2 Å². The van der Waals surface area contributed by atoms with Crippen LogP contribution in [0.4, 0.5) is 0 Å². The zero-order valence-electron chi connectivity index (χ0n) is 4.29. The Kier molecular flexibility index (Phi) is 1.34. The van der Waals surface area contributed by atoms with E-state index in [-0.39, 0.29) is 0 Å². The molecule has 0 radical (unpaired) electrons. The molecule has 1 heterocycles. The van der Waals surface area contributed by atoms with E-state index in [1.807, 2.05) is 12.1 Å². The van der Waals surface area contributed by atoms with Crippen LogP contribution in [0.25, 0.3) is 0 Å². The fraction of sp³-hybridized carbons (Fsp3) is 0.167. The maximum absolute atomic E-state index is 8.21. The van der Waals surface area contributed by atoms with Crippen molar-refractivity contribution in [3.05, 3.63) is 24.2 Å². The number of ether oxygens (including phenoxy) is 1. The SMILES string of the molecule is N#CC1=CCC=CO1. The van der Waals surface area contributed by atoms with Crippen LogP contribution in [-0.4, -0.2) is 0 Å². The molecule has 0 saturated carbocycles. The highest BCUT2D eigenvalue weighted by atomic mass is 16.5. The average molecular weight is 107 g/mol. The van der Waals surface area contributed by atoms with Crippen LogP contribution in [-0.2, 0) is 4.74 Å². The van der Waals surface area contributed by atoms with Gasteiger partial charge in [0.15, 0.2) is 5.76 Å². The number of hydrogen-bond acceptors (Lipinski definition) is 2. The van der Waals surface area contributed by atoms with Crippen LogP contribution in [0, 0.1) is 11.3 Å². The second-order valence-corrected chi connectivity index (χ2v) is 1.41. The first-order valence-corrected chi connectivity index (χ1v) is 2.35. The topological polar surface area (TPSA) is 33.0 Å². The van der Waals surface area contributed by atoms with E-state index < -0.39 is 0 Å². The van der Waals surface area contributed by atoms with Crippen molar-refractivity contribution in [2.24, 2.45) is 0 Å². The quantitative estimate of drug-likeness (QED) is 0.467. The molecule has 0 fully saturated rings. The normalized spacial score (nSPS) is 16.1. The lowest BCUT2D eigenvalue weighted by molar-refractivity contribution is 0.362. The highest BCUT2D eigenvalue weighted by Crippen LogP contribution is 2.04. The molecule has 0 amide bonds. The molecule has 1 rings (SSSR count). The third-order valence-electron chi connectivity index (χ3n) is 0.841. The minimum Gasteiger partial charge on any atom is -0.455 e. The number of rotatable bonds is 0. The number of nitrogens with zero attached hydrogens (tertiary/aromatic N) is 1. The molecule has 0 spiro atoms. The highest BCUT2D eigenvalue weighted by Gasteiger charge is 1.93. The Morgan fingerprint density at radius 2 is 2.62 bits per heavy atom. The lowest BCUT2D eigenvalue weighted by Gasteiger charge is -1.98. The molecule has 1 aliphatic heterocycles. The third kappa shape index (κ3) is 0.881. The van der Waals surface area contributed by atoms with Crippen LogP contribution in [0.5, 0.6) is 0 Å². The summed E-state index contributed by atoms with van der Waals surface area (Å²) in [6.07, 6.45) is 5.92. The van der Waals surface area contributed by atoms with Gasteiger partial charge < -0.3 is 4.74 Å². The molecule has 0 atom stereocenters. The van der Waals surface area contributed by atoms with Crippen molar-refractivity contribution in [2.75, 3.05) is 0 Å². The van der Waals surface area contributed by atoms with E-state index in [1.165, 1.54) is 6.26 Å². The summed E-state index contributed by atoms with van der Waals surface area (Å²) < 4.78 is 4.75. The molecule has 0 aromatic heterocycles. The number of nitriles is 1. The van der Waals surface area contributed by atoms with Crippen molar-refractivity contribution >= 4 is 0 Å². The zero-order chi connectivity index (χ0) is 5.82. The lowest BCUT2D eigenvalue weighted by Crippen LogP contribution is -1.84. The van der Waals surface area contributed by atoms with Crippen LogP contribution in [0.2, 0.25) is 0 Å². The molecule has 0 aromatic rings. The Morgan fingerprint density at radius 3 is 3.00 bits per heavy atom. The summed E-state index contributed by atoms with van der Waals surface area (Å²) in [5.74, 6) is 0.396. The van der Waals surface area contributed by atoms with Gasteiger partial charge in [-0.15, -0.1) is 0 Å². The van der Waals surface area contributed by atoms with Crippen LogP contribution >= 0.6 is 0 Å². The van der Waals surface area contributed by atoms with Gasteiger partial charge in [-0.25, -0.2) is 0 Å². The lowest BCUT2D eigenvalue weighted by atomic mass is 10.3. The Bertz CT molecular complexity index is 173. The van der Waals surface area contributed by atoms with E-state index in [0.717, 1.165) is 6.42 Å². The van der Waals surface area contributed by atoms with Gasteiger partial charge in [0, 0.05) is 0 Å². The summed E-state index contributed by atoms with van der Waals surface area (Å²) in [7, 11) is 0. The molecule has 2 heteroatoms. The average Bonchev–Trinajstić information content (AvgIpc) is 1.90. The highest BCUT2D eigenvalue weighted by molar-refractivity contribution is 5.17. The van der Waals surface area contributed by atoms with Crippen molar-refractivity contribution < 1.29 is 4.74 Å². The minimum absolute atomic E-state index is 0.396. The summed E-state index contributed by atoms with van der Waals surface area (Å²) in [5, 5.41) is 8.21. The molecule has 0 bridgehead atoms. The van der Waals surface area contributed by atoms with Gasteiger partial charge in [0.25, 0.3) is 0 Å². The third-order valence-corrected chi connectivity index (χ3v) is 0.841. The van der Waals surface area contributed by atoms with E-state index in [1.54, 1.807) is 6.08 Å². The monoisotopic (exact) mass is 107 g/mol. The first-order chi connectivity index (χ1) is 3.93. The predicted molar refractivity (Wildman–Crippen MR) is 28.5 cm³/mol. The molecule has 0 aliphatic carbocycles. The molecule has 2 nitrogen and oxygen atoms in total. The van der Waals surface area contributed by atoms with E-state index in [4.69, 9.17) is 10.00 Å². The maximum Gasteiger partial charge on any atom is 0.199 e. The maximum atomic E-state index is 8.21. The number of hydrogen-bond donors (Lipinski definition) is 0. The summed E-state index contributed by atoms with van der Waals surface area (Å²) in [5.41, 5.74) is 0. The Balaban J connectivity index is 2.59. The first kappa shape index (κ1) is 4.92. The fourth-order valence-corrected chi connectivity index (χ4v) is 0.472. The van der Waals surface area contributed by atoms with E-state index >= 15 is 0 Å².